The second-order valence-corrected chi connectivity index (χ2v) is 5.24. The average molecular weight is 210 g/mol. The molecule has 1 heterocycles. The summed E-state index contributed by atoms with van der Waals surface area (Å²) in [4.78, 5) is 2.69. The first-order valence-electron chi connectivity index (χ1n) is 6.88. The summed E-state index contributed by atoms with van der Waals surface area (Å²) in [6.07, 6.45) is 10.1. The molecule has 0 aromatic heterocycles. The molecule has 2 aliphatic rings. The molecule has 0 bridgehead atoms. The number of nitrogens with zero attached hydrogens (tertiary/aromatic N) is 1. The van der Waals surface area contributed by atoms with Crippen LogP contribution in [-0.4, -0.2) is 37.6 Å². The molecule has 0 aromatic carbocycles. The zero-order valence-corrected chi connectivity index (χ0v) is 10.0. The van der Waals surface area contributed by atoms with Crippen molar-refractivity contribution in [2.24, 2.45) is 5.92 Å². The van der Waals surface area contributed by atoms with E-state index < -0.39 is 0 Å². The van der Waals surface area contributed by atoms with E-state index in [-0.39, 0.29) is 0 Å². The van der Waals surface area contributed by atoms with Crippen molar-refractivity contribution < 1.29 is 0 Å². The summed E-state index contributed by atoms with van der Waals surface area (Å²) >= 11 is 0. The van der Waals surface area contributed by atoms with Crippen molar-refractivity contribution in [2.45, 2.75) is 44.9 Å². The number of rotatable bonds is 3. The summed E-state index contributed by atoms with van der Waals surface area (Å²) in [7, 11) is 0. The van der Waals surface area contributed by atoms with Crippen molar-refractivity contribution in [1.29, 1.82) is 0 Å². The lowest BCUT2D eigenvalue weighted by atomic mass is 10.0. The monoisotopic (exact) mass is 210 g/mol. The Morgan fingerprint density at radius 1 is 0.933 bits per heavy atom. The van der Waals surface area contributed by atoms with E-state index in [4.69, 9.17) is 0 Å². The Balaban J connectivity index is 1.62. The minimum atomic E-state index is 1.06. The van der Waals surface area contributed by atoms with Gasteiger partial charge in [0, 0.05) is 0 Å². The highest BCUT2D eigenvalue weighted by Gasteiger charge is 2.16. The smallest absolute Gasteiger partial charge is 0.000663 e. The van der Waals surface area contributed by atoms with Gasteiger partial charge in [-0.15, -0.1) is 0 Å². The molecule has 0 radical (unpaired) electrons. The van der Waals surface area contributed by atoms with Gasteiger partial charge in [0.2, 0.25) is 0 Å². The van der Waals surface area contributed by atoms with E-state index in [0.29, 0.717) is 0 Å². The molecule has 88 valence electrons. The Kier molecular flexibility index (Phi) is 4.94. The van der Waals surface area contributed by atoms with Gasteiger partial charge in [0.1, 0.15) is 0 Å². The van der Waals surface area contributed by atoms with Crippen LogP contribution in [0.3, 0.4) is 0 Å². The average Bonchev–Trinajstić information content (AvgIpc) is 2.68. The Morgan fingerprint density at radius 3 is 2.27 bits per heavy atom. The van der Waals surface area contributed by atoms with E-state index in [9.17, 15) is 0 Å². The van der Waals surface area contributed by atoms with Gasteiger partial charge in [0.25, 0.3) is 0 Å². The summed E-state index contributed by atoms with van der Waals surface area (Å²) in [5, 5.41) is 3.48. The van der Waals surface area contributed by atoms with Crippen LogP contribution < -0.4 is 5.32 Å². The summed E-state index contributed by atoms with van der Waals surface area (Å²) in [6.45, 7) is 6.45. The third kappa shape index (κ3) is 4.12. The van der Waals surface area contributed by atoms with Gasteiger partial charge < -0.3 is 10.2 Å². The molecule has 1 saturated carbocycles. The van der Waals surface area contributed by atoms with Crippen molar-refractivity contribution in [3.05, 3.63) is 0 Å². The Bertz CT molecular complexity index is 156. The zero-order chi connectivity index (χ0) is 10.3. The maximum atomic E-state index is 3.48. The SMILES string of the molecule is C1CCC(CCN2CCCNCCC2)C1. The molecule has 1 aliphatic heterocycles. The second kappa shape index (κ2) is 6.49. The lowest BCUT2D eigenvalue weighted by Gasteiger charge is -2.25. The largest absolute Gasteiger partial charge is 0.317 e. The third-order valence-corrected chi connectivity index (χ3v) is 3.98. The fraction of sp³-hybridized carbons (Fsp3) is 1.00. The molecular weight excluding hydrogens is 184 g/mol. The summed E-state index contributed by atoms with van der Waals surface area (Å²) in [5.74, 6) is 1.06. The Labute approximate surface area is 94.4 Å². The maximum absolute atomic E-state index is 3.48. The van der Waals surface area contributed by atoms with E-state index in [1.807, 2.05) is 0 Å². The molecule has 0 amide bonds. The van der Waals surface area contributed by atoms with Crippen LogP contribution in [0.2, 0.25) is 0 Å². The zero-order valence-electron chi connectivity index (χ0n) is 10.0. The normalized spacial score (nSPS) is 26.4. The lowest BCUT2D eigenvalue weighted by molar-refractivity contribution is 0.234. The molecular formula is C13H26N2. The van der Waals surface area contributed by atoms with Crippen LogP contribution >= 0.6 is 0 Å². The van der Waals surface area contributed by atoms with Gasteiger partial charge >= 0.3 is 0 Å². The van der Waals surface area contributed by atoms with Crippen LogP contribution in [0, 0.1) is 5.92 Å². The molecule has 1 saturated heterocycles. The minimum absolute atomic E-state index is 1.06. The molecule has 2 rings (SSSR count). The van der Waals surface area contributed by atoms with Gasteiger partial charge in [-0.25, -0.2) is 0 Å². The van der Waals surface area contributed by atoms with E-state index in [2.05, 4.69) is 10.2 Å². The lowest BCUT2D eigenvalue weighted by Crippen LogP contribution is -2.35. The van der Waals surface area contributed by atoms with Crippen LogP contribution in [0.1, 0.15) is 44.9 Å². The molecule has 1 N–H and O–H groups in total. The van der Waals surface area contributed by atoms with E-state index in [1.54, 1.807) is 0 Å². The van der Waals surface area contributed by atoms with E-state index in [1.165, 1.54) is 77.7 Å². The number of nitrogens with one attached hydrogen (secondary N) is 1. The minimum Gasteiger partial charge on any atom is -0.317 e. The topological polar surface area (TPSA) is 15.3 Å². The van der Waals surface area contributed by atoms with Crippen LogP contribution in [0.4, 0.5) is 0 Å². The molecule has 2 heteroatoms. The molecule has 2 nitrogen and oxygen atoms in total. The fourth-order valence-electron chi connectivity index (χ4n) is 2.98. The summed E-state index contributed by atoms with van der Waals surface area (Å²) in [6, 6.07) is 0. The molecule has 15 heavy (non-hydrogen) atoms. The van der Waals surface area contributed by atoms with E-state index in [0.717, 1.165) is 5.92 Å². The maximum Gasteiger partial charge on any atom is -0.000663 e. The fourth-order valence-corrected chi connectivity index (χ4v) is 2.98. The van der Waals surface area contributed by atoms with Crippen LogP contribution in [-0.2, 0) is 0 Å². The highest BCUT2D eigenvalue weighted by Crippen LogP contribution is 2.27. The Hall–Kier alpha value is -0.0800. The van der Waals surface area contributed by atoms with Crippen molar-refractivity contribution in [3.63, 3.8) is 0 Å². The van der Waals surface area contributed by atoms with Crippen molar-refractivity contribution in [2.75, 3.05) is 32.7 Å². The quantitative estimate of drug-likeness (QED) is 0.768. The Morgan fingerprint density at radius 2 is 1.60 bits per heavy atom. The van der Waals surface area contributed by atoms with Crippen molar-refractivity contribution >= 4 is 0 Å². The summed E-state index contributed by atoms with van der Waals surface area (Å²) < 4.78 is 0. The van der Waals surface area contributed by atoms with Gasteiger partial charge in [0.15, 0.2) is 0 Å². The standard InChI is InChI=1S/C13H26N2/c1-2-6-13(5-1)7-12-15-10-3-8-14-9-4-11-15/h13-14H,1-12H2. The van der Waals surface area contributed by atoms with Gasteiger partial charge in [-0.2, -0.15) is 0 Å². The van der Waals surface area contributed by atoms with Gasteiger partial charge in [-0.1, -0.05) is 25.7 Å². The van der Waals surface area contributed by atoms with Gasteiger partial charge in [-0.3, -0.25) is 0 Å². The molecule has 0 spiro atoms. The predicted molar refractivity (Wildman–Crippen MR) is 65.1 cm³/mol. The van der Waals surface area contributed by atoms with Gasteiger partial charge in [0.05, 0.1) is 0 Å². The van der Waals surface area contributed by atoms with Crippen LogP contribution in [0.15, 0.2) is 0 Å². The van der Waals surface area contributed by atoms with Crippen molar-refractivity contribution in [3.8, 4) is 0 Å². The molecule has 1 aliphatic carbocycles. The highest BCUT2D eigenvalue weighted by atomic mass is 15.1. The molecule has 2 fully saturated rings. The molecule has 0 atom stereocenters. The second-order valence-electron chi connectivity index (χ2n) is 5.24. The third-order valence-electron chi connectivity index (χ3n) is 3.98. The number of hydrogen-bond acceptors (Lipinski definition) is 2. The highest BCUT2D eigenvalue weighted by molar-refractivity contribution is 4.71. The van der Waals surface area contributed by atoms with Crippen LogP contribution in [0.5, 0.6) is 0 Å². The first kappa shape index (κ1) is 11.4. The molecule has 0 aromatic rings. The first-order valence-corrected chi connectivity index (χ1v) is 6.88. The predicted octanol–water partition coefficient (Wildman–Crippen LogP) is 2.25. The van der Waals surface area contributed by atoms with E-state index >= 15 is 0 Å². The summed E-state index contributed by atoms with van der Waals surface area (Å²) in [5.41, 5.74) is 0. The van der Waals surface area contributed by atoms with Gasteiger partial charge in [-0.05, 0) is 57.9 Å². The number of hydrogen-bond donors (Lipinski definition) is 1. The molecule has 0 unspecified atom stereocenters. The van der Waals surface area contributed by atoms with Crippen molar-refractivity contribution in [1.82, 2.24) is 10.2 Å². The van der Waals surface area contributed by atoms with Crippen LogP contribution in [0.25, 0.3) is 0 Å². The first-order chi connectivity index (χ1) is 7.45.